The summed E-state index contributed by atoms with van der Waals surface area (Å²) in [4.78, 5) is 22.4. The van der Waals surface area contributed by atoms with Crippen molar-refractivity contribution in [1.29, 1.82) is 0 Å². The summed E-state index contributed by atoms with van der Waals surface area (Å²) in [5, 5.41) is 8.97. The number of anilines is 1. The number of sulfonamides is 1. The average molecular weight is 601 g/mol. The van der Waals surface area contributed by atoms with Gasteiger partial charge < -0.3 is 14.6 Å². The Hall–Kier alpha value is -3.56. The van der Waals surface area contributed by atoms with Crippen LogP contribution in [-0.2, 0) is 36.9 Å². The quantitative estimate of drug-likeness (QED) is 0.332. The second kappa shape index (κ2) is 10.8. The molecule has 1 atom stereocenters. The molecule has 0 aliphatic carbocycles. The molecular formula is C24H22F7NO7S. The third kappa shape index (κ3) is 6.77. The van der Waals surface area contributed by atoms with Gasteiger partial charge in [-0.1, -0.05) is 6.07 Å². The second-order valence-electron chi connectivity index (χ2n) is 9.32. The number of halogens is 7. The van der Waals surface area contributed by atoms with Gasteiger partial charge in [-0.3, -0.25) is 13.9 Å². The van der Waals surface area contributed by atoms with Crippen molar-refractivity contribution in [1.82, 2.24) is 0 Å². The van der Waals surface area contributed by atoms with Gasteiger partial charge in [0, 0.05) is 6.42 Å². The summed E-state index contributed by atoms with van der Waals surface area (Å²) in [6.45, 7) is 0.535. The molecule has 0 saturated heterocycles. The molecule has 1 N–H and O–H groups in total. The van der Waals surface area contributed by atoms with E-state index in [0.29, 0.717) is 36.4 Å². The zero-order valence-electron chi connectivity index (χ0n) is 20.8. The van der Waals surface area contributed by atoms with E-state index in [1.165, 1.54) is 0 Å². The monoisotopic (exact) mass is 601 g/mol. The van der Waals surface area contributed by atoms with E-state index in [4.69, 9.17) is 9.84 Å². The molecule has 0 unspecified atom stereocenters. The van der Waals surface area contributed by atoms with Crippen LogP contribution in [-0.4, -0.2) is 49.9 Å². The maximum atomic E-state index is 15.1. The lowest BCUT2D eigenvalue weighted by Gasteiger charge is -2.36. The molecule has 0 fully saturated rings. The largest absolute Gasteiger partial charge is 0.483 e. The third-order valence-corrected chi connectivity index (χ3v) is 7.61. The fraction of sp³-hybridized carbons (Fsp3) is 0.417. The molecular weight excluding hydrogens is 579 g/mol. The number of carbonyl (C=O) groups excluding carboxylic acids is 1. The number of carboxylic acid groups (broad SMARTS) is 1. The molecule has 0 aromatic heterocycles. The highest BCUT2D eigenvalue weighted by atomic mass is 32.2. The van der Waals surface area contributed by atoms with E-state index in [-0.39, 0.29) is 12.0 Å². The number of aliphatic carboxylic acids is 1. The van der Waals surface area contributed by atoms with Crippen molar-refractivity contribution >= 4 is 27.6 Å². The Morgan fingerprint density at radius 3 is 2.33 bits per heavy atom. The van der Waals surface area contributed by atoms with E-state index in [1.54, 1.807) is 0 Å². The maximum absolute atomic E-state index is 15.1. The van der Waals surface area contributed by atoms with Crippen LogP contribution in [0.4, 0.5) is 36.4 Å². The topological polar surface area (TPSA) is 110 Å². The number of fused-ring (bicyclic) bond motifs is 1. The predicted molar refractivity (Wildman–Crippen MR) is 124 cm³/mol. The van der Waals surface area contributed by atoms with E-state index in [2.05, 4.69) is 4.74 Å². The lowest BCUT2D eigenvalue weighted by Crippen LogP contribution is -2.44. The predicted octanol–water partition coefficient (Wildman–Crippen LogP) is 5.09. The van der Waals surface area contributed by atoms with Gasteiger partial charge in [0.05, 0.1) is 29.1 Å². The molecule has 3 rings (SSSR count). The Labute approximate surface area is 223 Å². The van der Waals surface area contributed by atoms with Gasteiger partial charge in [0.25, 0.3) is 10.0 Å². The van der Waals surface area contributed by atoms with Gasteiger partial charge >= 0.3 is 24.3 Å². The van der Waals surface area contributed by atoms with Crippen LogP contribution in [0.25, 0.3) is 0 Å². The van der Waals surface area contributed by atoms with Crippen molar-refractivity contribution in [2.45, 2.75) is 62.1 Å². The second-order valence-corrected chi connectivity index (χ2v) is 11.2. The van der Waals surface area contributed by atoms with Gasteiger partial charge in [-0.25, -0.2) is 12.8 Å². The molecule has 0 radical (unpaired) electrons. The summed E-state index contributed by atoms with van der Waals surface area (Å²) in [6.07, 6.45) is -12.8. The molecule has 0 amide bonds. The zero-order chi connectivity index (χ0) is 30.3. The highest BCUT2D eigenvalue weighted by Crippen LogP contribution is 2.42. The Balaban J connectivity index is 2.06. The number of nitrogens with zero attached hydrogens (tertiary/aromatic N) is 1. The van der Waals surface area contributed by atoms with Crippen molar-refractivity contribution in [2.24, 2.45) is 0 Å². The van der Waals surface area contributed by atoms with Crippen molar-refractivity contribution in [3.05, 3.63) is 53.3 Å². The molecule has 0 spiro atoms. The van der Waals surface area contributed by atoms with Crippen molar-refractivity contribution in [3.63, 3.8) is 0 Å². The Kier molecular flexibility index (Phi) is 8.35. The number of esters is 1. The van der Waals surface area contributed by atoms with Gasteiger partial charge in [-0.2, -0.15) is 26.3 Å². The Bertz CT molecular complexity index is 1410. The molecule has 0 saturated carbocycles. The lowest BCUT2D eigenvalue weighted by molar-refractivity contribution is -0.257. The number of rotatable bonds is 8. The molecule has 220 valence electrons. The molecule has 40 heavy (non-hydrogen) atoms. The molecule has 1 aliphatic heterocycles. The number of carbonyl (C=O) groups is 2. The lowest BCUT2D eigenvalue weighted by atomic mass is 10.1. The molecule has 16 heteroatoms. The fourth-order valence-electron chi connectivity index (χ4n) is 3.69. The standard InChI is InChI=1S/C24H22F7NO7S/c1-22(2,24(29,30)31)39-20(35)10-13-8-17(25)21-18(9-13)32(12-15(38-21)6-7-19(33)34)40(36,37)16-5-3-4-14(11-16)23(26,27)28/h3-5,8-9,11,15H,6-7,10,12H2,1-2H3,(H,33,34)/t15-/m0/s1. The van der Waals surface area contributed by atoms with Gasteiger partial charge in [-0.05, 0) is 56.2 Å². The van der Waals surface area contributed by atoms with Crippen LogP contribution >= 0.6 is 0 Å². The number of carboxylic acids is 1. The van der Waals surface area contributed by atoms with Gasteiger partial charge in [-0.15, -0.1) is 0 Å². The summed E-state index contributed by atoms with van der Waals surface area (Å²) in [5.74, 6) is -4.66. The Morgan fingerprint density at radius 1 is 1.10 bits per heavy atom. The van der Waals surface area contributed by atoms with E-state index in [9.17, 15) is 44.3 Å². The minimum atomic E-state index is -4.93. The molecule has 2 aromatic rings. The van der Waals surface area contributed by atoms with Crippen LogP contribution in [0.3, 0.4) is 0 Å². The van der Waals surface area contributed by atoms with Crippen LogP contribution in [0.5, 0.6) is 5.75 Å². The first-order chi connectivity index (χ1) is 18.2. The number of ether oxygens (including phenoxy) is 2. The van der Waals surface area contributed by atoms with E-state index < -0.39 is 93.1 Å². The summed E-state index contributed by atoms with van der Waals surface area (Å²) in [7, 11) is -4.87. The first kappa shape index (κ1) is 31.0. The molecule has 8 nitrogen and oxygen atoms in total. The van der Waals surface area contributed by atoms with Crippen molar-refractivity contribution in [3.8, 4) is 5.75 Å². The number of hydrogen-bond acceptors (Lipinski definition) is 6. The van der Waals surface area contributed by atoms with E-state index in [0.717, 1.165) is 18.2 Å². The highest BCUT2D eigenvalue weighted by molar-refractivity contribution is 7.92. The summed E-state index contributed by atoms with van der Waals surface area (Å²) in [5.41, 5.74) is -5.06. The van der Waals surface area contributed by atoms with Crippen LogP contribution in [0, 0.1) is 5.82 Å². The van der Waals surface area contributed by atoms with Gasteiger partial charge in [0.1, 0.15) is 6.10 Å². The average Bonchev–Trinajstić information content (AvgIpc) is 2.81. The van der Waals surface area contributed by atoms with Crippen molar-refractivity contribution in [2.75, 3.05) is 10.8 Å². The molecule has 1 heterocycles. The highest BCUT2D eigenvalue weighted by Gasteiger charge is 2.50. The van der Waals surface area contributed by atoms with Gasteiger partial charge in [0.2, 0.25) is 5.60 Å². The van der Waals surface area contributed by atoms with Crippen molar-refractivity contribution < 1.29 is 63.3 Å². The number of benzene rings is 2. The third-order valence-electron chi connectivity index (χ3n) is 5.84. The maximum Gasteiger partial charge on any atom is 0.427 e. The van der Waals surface area contributed by atoms with E-state index in [1.807, 2.05) is 0 Å². The Morgan fingerprint density at radius 2 is 1.75 bits per heavy atom. The SMILES string of the molecule is CC(C)(OC(=O)Cc1cc(F)c2c(c1)N(S(=O)(=O)c1cccc(C(F)(F)F)c1)C[C@H](CCC(=O)O)O2)C(F)(F)F. The zero-order valence-corrected chi connectivity index (χ0v) is 21.6. The van der Waals surface area contributed by atoms with Gasteiger partial charge in [0.15, 0.2) is 11.6 Å². The molecule has 1 aliphatic rings. The number of alkyl halides is 6. The number of hydrogen-bond donors (Lipinski definition) is 1. The summed E-state index contributed by atoms with van der Waals surface area (Å²) < 4.78 is 132. The minimum Gasteiger partial charge on any atom is -0.483 e. The first-order valence-electron chi connectivity index (χ1n) is 11.4. The summed E-state index contributed by atoms with van der Waals surface area (Å²) in [6, 6.07) is 4.30. The summed E-state index contributed by atoms with van der Waals surface area (Å²) >= 11 is 0. The van der Waals surface area contributed by atoms with Crippen LogP contribution in [0.1, 0.15) is 37.8 Å². The first-order valence-corrected chi connectivity index (χ1v) is 12.9. The van der Waals surface area contributed by atoms with Crippen LogP contribution in [0.2, 0.25) is 0 Å². The van der Waals surface area contributed by atoms with Crippen LogP contribution < -0.4 is 9.04 Å². The molecule has 2 aromatic carbocycles. The fourth-order valence-corrected chi connectivity index (χ4v) is 5.23. The normalized spacial score (nSPS) is 16.2. The van der Waals surface area contributed by atoms with Crippen LogP contribution in [0.15, 0.2) is 41.3 Å². The minimum absolute atomic E-state index is 0.302. The molecule has 0 bridgehead atoms. The smallest absolute Gasteiger partial charge is 0.427 e. The van der Waals surface area contributed by atoms with E-state index >= 15 is 4.39 Å².